The van der Waals surface area contributed by atoms with Crippen molar-refractivity contribution in [3.05, 3.63) is 186 Å². The van der Waals surface area contributed by atoms with E-state index in [1.54, 1.807) is 0 Å². The maximum atomic E-state index is 2.53. The number of hydrogen-bond donors (Lipinski definition) is 0. The summed E-state index contributed by atoms with van der Waals surface area (Å²) in [6.07, 6.45) is 0. The fraction of sp³-hybridized carbons (Fsp3) is 0.192. The van der Waals surface area contributed by atoms with E-state index in [1.165, 1.54) is 83.7 Å². The number of anilines is 3. The maximum Gasteiger partial charge on any atom is 0.0549 e. The fourth-order valence-electron chi connectivity index (χ4n) is 8.96. The molecular weight excluding hydrogens is 639 g/mol. The Labute approximate surface area is 315 Å². The molecule has 0 spiro atoms. The van der Waals surface area contributed by atoms with Crippen LogP contribution in [0.1, 0.15) is 76.3 Å². The lowest BCUT2D eigenvalue weighted by Crippen LogP contribution is -2.18. The Hall–Kier alpha value is -5.66. The molecule has 1 nitrogen and oxygen atoms in total. The summed E-state index contributed by atoms with van der Waals surface area (Å²) in [7, 11) is 0. The van der Waals surface area contributed by atoms with Crippen molar-refractivity contribution < 1.29 is 0 Å². The van der Waals surface area contributed by atoms with Gasteiger partial charge in [0.2, 0.25) is 0 Å². The Balaban J connectivity index is 1.33. The van der Waals surface area contributed by atoms with Crippen LogP contribution in [-0.4, -0.2) is 0 Å². The predicted octanol–water partition coefficient (Wildman–Crippen LogP) is 14.4. The van der Waals surface area contributed by atoms with Crippen LogP contribution in [0.15, 0.2) is 158 Å². The van der Waals surface area contributed by atoms with Crippen molar-refractivity contribution in [1.29, 1.82) is 0 Å². The van der Waals surface area contributed by atoms with Gasteiger partial charge in [-0.3, -0.25) is 0 Å². The molecular formula is C52H47N. The molecule has 2 aliphatic rings. The molecule has 0 radical (unpaired) electrons. The highest BCUT2D eigenvalue weighted by molar-refractivity contribution is 5.98. The molecule has 0 fully saturated rings. The zero-order chi connectivity index (χ0) is 36.7. The Bertz CT molecular complexity index is 2510. The Morgan fingerprint density at radius 2 is 0.925 bits per heavy atom. The molecule has 1 heteroatoms. The van der Waals surface area contributed by atoms with E-state index in [4.69, 9.17) is 0 Å². The van der Waals surface area contributed by atoms with Crippen LogP contribution in [0.2, 0.25) is 0 Å². The third kappa shape index (κ3) is 5.28. The standard InChI is InChI=1S/C52H47N/c1-50(2,3)38-24-28-43-45(32-38)52(6,7)47-30-37(35-18-12-9-13-19-35)31-48(49(43)47)53(39-25-22-36(23-26-39)34-16-10-8-11-17-34)40-27-29-42-41-20-14-15-21-44(41)51(4,5)46(42)33-40/h8-33H,1-7H3. The lowest BCUT2D eigenvalue weighted by Gasteiger charge is -2.31. The third-order valence-electron chi connectivity index (χ3n) is 12.0. The van der Waals surface area contributed by atoms with E-state index in [1.807, 2.05) is 0 Å². The molecule has 0 saturated heterocycles. The first-order valence-electron chi connectivity index (χ1n) is 19.0. The van der Waals surface area contributed by atoms with Gasteiger partial charge in [-0.25, -0.2) is 0 Å². The van der Waals surface area contributed by atoms with Gasteiger partial charge in [0.05, 0.1) is 5.69 Å². The van der Waals surface area contributed by atoms with Crippen molar-refractivity contribution in [2.75, 3.05) is 4.90 Å². The molecule has 0 bridgehead atoms. The van der Waals surface area contributed by atoms with Crippen LogP contribution in [0.25, 0.3) is 44.5 Å². The van der Waals surface area contributed by atoms with E-state index < -0.39 is 0 Å². The Morgan fingerprint density at radius 1 is 0.396 bits per heavy atom. The van der Waals surface area contributed by atoms with Crippen molar-refractivity contribution in [1.82, 2.24) is 0 Å². The first-order valence-corrected chi connectivity index (χ1v) is 19.0. The van der Waals surface area contributed by atoms with Crippen LogP contribution >= 0.6 is 0 Å². The molecule has 0 aromatic heterocycles. The molecule has 260 valence electrons. The van der Waals surface area contributed by atoms with Gasteiger partial charge in [0, 0.05) is 27.8 Å². The number of fused-ring (bicyclic) bond motifs is 6. The zero-order valence-electron chi connectivity index (χ0n) is 32.0. The molecule has 53 heavy (non-hydrogen) atoms. The van der Waals surface area contributed by atoms with Gasteiger partial charge in [-0.1, -0.05) is 170 Å². The van der Waals surface area contributed by atoms with E-state index in [9.17, 15) is 0 Å². The molecule has 9 rings (SSSR count). The van der Waals surface area contributed by atoms with Crippen LogP contribution in [0.5, 0.6) is 0 Å². The largest absolute Gasteiger partial charge is 0.310 e. The molecule has 0 heterocycles. The Kier molecular flexibility index (Phi) is 7.48. The summed E-state index contributed by atoms with van der Waals surface area (Å²) in [4.78, 5) is 2.53. The summed E-state index contributed by atoms with van der Waals surface area (Å²) >= 11 is 0. The highest BCUT2D eigenvalue weighted by atomic mass is 15.1. The zero-order valence-corrected chi connectivity index (χ0v) is 32.0. The number of hydrogen-bond acceptors (Lipinski definition) is 1. The van der Waals surface area contributed by atoms with Gasteiger partial charge in [-0.2, -0.15) is 0 Å². The van der Waals surface area contributed by atoms with E-state index in [2.05, 4.69) is 211 Å². The van der Waals surface area contributed by atoms with Gasteiger partial charge >= 0.3 is 0 Å². The minimum absolute atomic E-state index is 0.0548. The SMILES string of the molecule is CC(C)(C)c1ccc2c(c1)C(C)(C)c1cc(-c3ccccc3)cc(N(c3ccc(-c4ccccc4)cc3)c3ccc4c(c3)C(C)(C)c3ccccc3-4)c1-2. The van der Waals surface area contributed by atoms with Crippen LogP contribution in [0.4, 0.5) is 17.1 Å². The van der Waals surface area contributed by atoms with E-state index in [-0.39, 0.29) is 16.2 Å². The highest BCUT2D eigenvalue weighted by Gasteiger charge is 2.40. The molecule has 0 saturated carbocycles. The summed E-state index contributed by atoms with van der Waals surface area (Å²) < 4.78 is 0. The van der Waals surface area contributed by atoms with Crippen molar-refractivity contribution in [2.24, 2.45) is 0 Å². The van der Waals surface area contributed by atoms with Crippen LogP contribution < -0.4 is 4.90 Å². The molecule has 7 aromatic rings. The molecule has 0 N–H and O–H groups in total. The average molecular weight is 686 g/mol. The molecule has 7 aromatic carbocycles. The fourth-order valence-corrected chi connectivity index (χ4v) is 8.96. The normalized spacial score (nSPS) is 14.6. The molecule has 0 atom stereocenters. The predicted molar refractivity (Wildman–Crippen MR) is 226 cm³/mol. The highest BCUT2D eigenvalue weighted by Crippen LogP contribution is 2.57. The van der Waals surface area contributed by atoms with Gasteiger partial charge in [0.25, 0.3) is 0 Å². The molecule has 0 aliphatic heterocycles. The number of benzene rings is 7. The maximum absolute atomic E-state index is 2.53. The van der Waals surface area contributed by atoms with Gasteiger partial charge < -0.3 is 4.90 Å². The summed E-state index contributed by atoms with van der Waals surface area (Å²) in [5, 5.41) is 0. The van der Waals surface area contributed by atoms with Crippen molar-refractivity contribution in [3.63, 3.8) is 0 Å². The van der Waals surface area contributed by atoms with E-state index in [0.717, 1.165) is 5.69 Å². The minimum Gasteiger partial charge on any atom is -0.310 e. The van der Waals surface area contributed by atoms with Gasteiger partial charge in [-0.05, 0) is 109 Å². The van der Waals surface area contributed by atoms with Crippen molar-refractivity contribution in [3.8, 4) is 44.5 Å². The lowest BCUT2D eigenvalue weighted by molar-refractivity contribution is 0.584. The van der Waals surface area contributed by atoms with Crippen LogP contribution in [0.3, 0.4) is 0 Å². The van der Waals surface area contributed by atoms with Crippen LogP contribution in [0, 0.1) is 0 Å². The van der Waals surface area contributed by atoms with Crippen LogP contribution in [-0.2, 0) is 16.2 Å². The molecule has 2 aliphatic carbocycles. The second-order valence-corrected chi connectivity index (χ2v) is 17.1. The topological polar surface area (TPSA) is 3.24 Å². The first-order chi connectivity index (χ1) is 25.4. The number of rotatable bonds is 5. The molecule has 0 unspecified atom stereocenters. The average Bonchev–Trinajstić information content (AvgIpc) is 3.54. The second-order valence-electron chi connectivity index (χ2n) is 17.1. The van der Waals surface area contributed by atoms with Crippen molar-refractivity contribution >= 4 is 17.1 Å². The summed E-state index contributed by atoms with van der Waals surface area (Å²) in [5.74, 6) is 0. The van der Waals surface area contributed by atoms with E-state index >= 15 is 0 Å². The van der Waals surface area contributed by atoms with Gasteiger partial charge in [0.1, 0.15) is 0 Å². The third-order valence-corrected chi connectivity index (χ3v) is 12.0. The van der Waals surface area contributed by atoms with Gasteiger partial charge in [-0.15, -0.1) is 0 Å². The number of nitrogens with zero attached hydrogens (tertiary/aromatic N) is 1. The van der Waals surface area contributed by atoms with Crippen molar-refractivity contribution in [2.45, 2.75) is 64.7 Å². The monoisotopic (exact) mass is 685 g/mol. The summed E-state index contributed by atoms with van der Waals surface area (Å²) in [6, 6.07) is 59.0. The second kappa shape index (κ2) is 11.9. The summed E-state index contributed by atoms with van der Waals surface area (Å²) in [5.41, 5.74) is 20.4. The summed E-state index contributed by atoms with van der Waals surface area (Å²) in [6.45, 7) is 16.5. The quantitative estimate of drug-likeness (QED) is 0.174. The first kappa shape index (κ1) is 33.2. The van der Waals surface area contributed by atoms with E-state index in [0.29, 0.717) is 0 Å². The smallest absolute Gasteiger partial charge is 0.0549 e. The minimum atomic E-state index is -0.185. The Morgan fingerprint density at radius 3 is 1.60 bits per heavy atom. The van der Waals surface area contributed by atoms with Gasteiger partial charge in [0.15, 0.2) is 0 Å². The lowest BCUT2D eigenvalue weighted by atomic mass is 9.78. The molecule has 0 amide bonds.